The summed E-state index contributed by atoms with van der Waals surface area (Å²) in [7, 11) is -3.12. The molecule has 0 aliphatic carbocycles. The van der Waals surface area contributed by atoms with Crippen molar-refractivity contribution in [2.45, 2.75) is 46.0 Å². The van der Waals surface area contributed by atoms with Crippen LogP contribution < -0.4 is 9.80 Å². The first-order valence-electron chi connectivity index (χ1n) is 9.83. The molecule has 0 bridgehead atoms. The van der Waals surface area contributed by atoms with Crippen LogP contribution in [-0.4, -0.2) is 67.7 Å². The lowest BCUT2D eigenvalue weighted by atomic mass is 10.1. The normalized spacial score (nSPS) is 19.8. The maximum atomic E-state index is 12.4. The van der Waals surface area contributed by atoms with Gasteiger partial charge in [0.2, 0.25) is 16.0 Å². The van der Waals surface area contributed by atoms with E-state index in [9.17, 15) is 8.42 Å². The van der Waals surface area contributed by atoms with Gasteiger partial charge >= 0.3 is 0 Å². The molecule has 2 saturated heterocycles. The molecule has 1 aromatic heterocycles. The number of hydrogen-bond donors (Lipinski definition) is 0. The molecular weight excluding hydrogens is 350 g/mol. The molecule has 3 rings (SSSR count). The number of sulfonamides is 1. The third kappa shape index (κ3) is 4.65. The van der Waals surface area contributed by atoms with Crippen LogP contribution in [0.1, 0.15) is 44.7 Å². The molecule has 0 unspecified atom stereocenters. The Hall–Kier alpha value is -1.41. The number of piperazine rings is 1. The van der Waals surface area contributed by atoms with Gasteiger partial charge in [-0.2, -0.15) is 9.29 Å². The monoisotopic (exact) mass is 381 g/mol. The summed E-state index contributed by atoms with van der Waals surface area (Å²) < 4.78 is 26.4. The molecule has 7 nitrogen and oxygen atoms in total. The number of unbranched alkanes of at least 4 members (excludes halogenated alkanes) is 1. The first-order chi connectivity index (χ1) is 12.5. The molecule has 0 radical (unpaired) electrons. The van der Waals surface area contributed by atoms with Crippen LogP contribution in [0, 0.1) is 6.92 Å². The molecule has 0 N–H and O–H groups in total. The van der Waals surface area contributed by atoms with Crippen molar-refractivity contribution in [2.24, 2.45) is 0 Å². The molecule has 146 valence electrons. The number of aryl methyl sites for hydroxylation is 1. The third-order valence-corrected chi connectivity index (χ3v) is 7.14. The van der Waals surface area contributed by atoms with Crippen LogP contribution >= 0.6 is 0 Å². The fourth-order valence-electron chi connectivity index (χ4n) is 3.59. The smallest absolute Gasteiger partial charge is 0.227 e. The van der Waals surface area contributed by atoms with Gasteiger partial charge in [-0.1, -0.05) is 13.3 Å². The van der Waals surface area contributed by atoms with E-state index in [1.807, 2.05) is 19.9 Å². The number of hydrogen-bond acceptors (Lipinski definition) is 6. The summed E-state index contributed by atoms with van der Waals surface area (Å²) >= 11 is 0. The maximum absolute atomic E-state index is 12.4. The van der Waals surface area contributed by atoms with E-state index in [1.165, 1.54) is 19.3 Å². The second kappa shape index (κ2) is 8.52. The van der Waals surface area contributed by atoms with Crippen molar-refractivity contribution < 1.29 is 8.42 Å². The molecule has 0 spiro atoms. The molecule has 2 aliphatic heterocycles. The van der Waals surface area contributed by atoms with Crippen LogP contribution in [0.4, 0.5) is 11.8 Å². The van der Waals surface area contributed by atoms with E-state index in [0.717, 1.165) is 43.4 Å². The van der Waals surface area contributed by atoms with E-state index in [0.29, 0.717) is 26.2 Å². The van der Waals surface area contributed by atoms with E-state index in [4.69, 9.17) is 4.98 Å². The van der Waals surface area contributed by atoms with Gasteiger partial charge in [0.1, 0.15) is 5.82 Å². The van der Waals surface area contributed by atoms with Crippen molar-refractivity contribution in [1.29, 1.82) is 0 Å². The lowest BCUT2D eigenvalue weighted by Gasteiger charge is -2.35. The number of nitrogens with zero attached hydrogens (tertiary/aromatic N) is 5. The number of rotatable bonds is 6. The van der Waals surface area contributed by atoms with Crippen LogP contribution in [0.5, 0.6) is 0 Å². The molecule has 0 aromatic carbocycles. The van der Waals surface area contributed by atoms with Gasteiger partial charge in [-0.25, -0.2) is 13.4 Å². The van der Waals surface area contributed by atoms with Crippen LogP contribution in [-0.2, 0) is 10.0 Å². The summed E-state index contributed by atoms with van der Waals surface area (Å²) in [5, 5.41) is 0. The Kier molecular flexibility index (Phi) is 6.34. The molecule has 3 heterocycles. The zero-order valence-electron chi connectivity index (χ0n) is 16.0. The molecular formula is C18H31N5O2S. The molecule has 2 fully saturated rings. The highest BCUT2D eigenvalue weighted by Gasteiger charge is 2.27. The summed E-state index contributed by atoms with van der Waals surface area (Å²) in [6.45, 7) is 8.50. The zero-order chi connectivity index (χ0) is 18.6. The minimum atomic E-state index is -3.12. The predicted octanol–water partition coefficient (Wildman–Crippen LogP) is 2.03. The molecule has 0 saturated carbocycles. The number of anilines is 2. The predicted molar refractivity (Wildman–Crippen MR) is 105 cm³/mol. The van der Waals surface area contributed by atoms with E-state index in [-0.39, 0.29) is 5.75 Å². The fourth-order valence-corrected chi connectivity index (χ4v) is 5.22. The summed E-state index contributed by atoms with van der Waals surface area (Å²) in [4.78, 5) is 13.9. The fraction of sp³-hybridized carbons (Fsp3) is 0.778. The lowest BCUT2D eigenvalue weighted by molar-refractivity contribution is 0.383. The van der Waals surface area contributed by atoms with Crippen molar-refractivity contribution >= 4 is 21.8 Å². The largest absolute Gasteiger partial charge is 0.354 e. The van der Waals surface area contributed by atoms with Gasteiger partial charge in [0, 0.05) is 51.0 Å². The quantitative estimate of drug-likeness (QED) is 0.751. The molecule has 2 aliphatic rings. The minimum absolute atomic E-state index is 0.259. The lowest BCUT2D eigenvalue weighted by Crippen LogP contribution is -2.49. The van der Waals surface area contributed by atoms with Crippen LogP contribution in [0.25, 0.3) is 0 Å². The first-order valence-corrected chi connectivity index (χ1v) is 11.4. The highest BCUT2D eigenvalue weighted by atomic mass is 32.2. The van der Waals surface area contributed by atoms with Crippen molar-refractivity contribution in [3.8, 4) is 0 Å². The van der Waals surface area contributed by atoms with Gasteiger partial charge in [0.05, 0.1) is 5.75 Å². The molecule has 0 amide bonds. The van der Waals surface area contributed by atoms with Gasteiger partial charge in [-0.05, 0) is 32.6 Å². The molecule has 0 atom stereocenters. The van der Waals surface area contributed by atoms with E-state index in [1.54, 1.807) is 4.31 Å². The first kappa shape index (κ1) is 19.4. The molecule has 8 heteroatoms. The summed E-state index contributed by atoms with van der Waals surface area (Å²) in [5.74, 6) is 2.00. The SMILES string of the molecule is CCCCS(=O)(=O)N1CCN(c2cc(C)nc(N3CCCCC3)n2)CC1. The van der Waals surface area contributed by atoms with Gasteiger partial charge in [-0.15, -0.1) is 0 Å². The van der Waals surface area contributed by atoms with E-state index >= 15 is 0 Å². The molecule has 1 aromatic rings. The van der Waals surface area contributed by atoms with Gasteiger partial charge in [0.15, 0.2) is 0 Å². The average molecular weight is 382 g/mol. The second-order valence-corrected chi connectivity index (χ2v) is 9.36. The van der Waals surface area contributed by atoms with Crippen molar-refractivity contribution in [3.63, 3.8) is 0 Å². The Morgan fingerprint density at radius 2 is 1.65 bits per heavy atom. The topological polar surface area (TPSA) is 69.6 Å². The Labute approximate surface area is 157 Å². The standard InChI is InChI=1S/C18H31N5O2S/c1-3-4-14-26(24,25)23-12-10-21(11-13-23)17-15-16(2)19-18(20-17)22-8-6-5-7-9-22/h15H,3-14H2,1-2H3. The molecule has 26 heavy (non-hydrogen) atoms. The third-order valence-electron chi connectivity index (χ3n) is 5.18. The van der Waals surface area contributed by atoms with Crippen LogP contribution in [0.15, 0.2) is 6.07 Å². The van der Waals surface area contributed by atoms with Crippen LogP contribution in [0.3, 0.4) is 0 Å². The maximum Gasteiger partial charge on any atom is 0.227 e. The van der Waals surface area contributed by atoms with Crippen molar-refractivity contribution in [2.75, 3.05) is 54.8 Å². The van der Waals surface area contributed by atoms with E-state index in [2.05, 4.69) is 14.8 Å². The van der Waals surface area contributed by atoms with E-state index < -0.39 is 10.0 Å². The Balaban J connectivity index is 1.66. The summed E-state index contributed by atoms with van der Waals surface area (Å²) in [5.41, 5.74) is 0.966. The minimum Gasteiger partial charge on any atom is -0.354 e. The highest BCUT2D eigenvalue weighted by Crippen LogP contribution is 2.22. The van der Waals surface area contributed by atoms with Crippen molar-refractivity contribution in [3.05, 3.63) is 11.8 Å². The number of piperidine rings is 1. The number of aromatic nitrogens is 2. The summed E-state index contributed by atoms with van der Waals surface area (Å²) in [6, 6.07) is 2.01. The van der Waals surface area contributed by atoms with Gasteiger partial charge in [0.25, 0.3) is 0 Å². The highest BCUT2D eigenvalue weighted by molar-refractivity contribution is 7.89. The Morgan fingerprint density at radius 1 is 0.962 bits per heavy atom. The summed E-state index contributed by atoms with van der Waals surface area (Å²) in [6.07, 6.45) is 5.30. The van der Waals surface area contributed by atoms with Gasteiger partial charge in [-0.3, -0.25) is 0 Å². The Morgan fingerprint density at radius 3 is 2.31 bits per heavy atom. The average Bonchev–Trinajstić information content (AvgIpc) is 2.67. The van der Waals surface area contributed by atoms with Gasteiger partial charge < -0.3 is 9.80 Å². The van der Waals surface area contributed by atoms with Crippen molar-refractivity contribution in [1.82, 2.24) is 14.3 Å². The second-order valence-electron chi connectivity index (χ2n) is 7.27. The zero-order valence-corrected chi connectivity index (χ0v) is 16.8. The Bertz CT molecular complexity index is 696. The van der Waals surface area contributed by atoms with Crippen LogP contribution in [0.2, 0.25) is 0 Å².